The second-order valence-corrected chi connectivity index (χ2v) is 7.29. The number of benzene rings is 3. The van der Waals surface area contributed by atoms with E-state index in [1.54, 1.807) is 42.5 Å². The number of carbonyl (C=O) groups excluding carboxylic acids is 2. The highest BCUT2D eigenvalue weighted by Gasteiger charge is 2.46. The Hall–Kier alpha value is -3.37. The molecule has 1 aliphatic rings. The molecule has 0 radical (unpaired) electrons. The predicted octanol–water partition coefficient (Wildman–Crippen LogP) is 5.27. The lowest BCUT2D eigenvalue weighted by Crippen LogP contribution is -2.29. The zero-order valence-electron chi connectivity index (χ0n) is 15.7. The molecule has 1 saturated heterocycles. The molecule has 1 atom stereocenters. The van der Waals surface area contributed by atoms with Crippen molar-refractivity contribution in [1.82, 2.24) is 0 Å². The van der Waals surface area contributed by atoms with Crippen molar-refractivity contribution in [2.24, 2.45) is 0 Å². The molecular weight excluding hydrogens is 386 g/mol. The third-order valence-electron chi connectivity index (χ3n) is 5.04. The minimum absolute atomic E-state index is 0.0593. The van der Waals surface area contributed by atoms with Gasteiger partial charge >= 0.3 is 0 Å². The van der Waals surface area contributed by atoms with Gasteiger partial charge in [-0.15, -0.1) is 0 Å². The Morgan fingerprint density at radius 3 is 2.17 bits per heavy atom. The predicted molar refractivity (Wildman–Crippen MR) is 114 cm³/mol. The lowest BCUT2D eigenvalue weighted by molar-refractivity contribution is -0.132. The van der Waals surface area contributed by atoms with Crippen LogP contribution in [-0.2, 0) is 9.59 Å². The van der Waals surface area contributed by atoms with Gasteiger partial charge in [0.1, 0.15) is 5.76 Å². The average molecular weight is 404 g/mol. The zero-order valence-corrected chi connectivity index (χ0v) is 16.4. The Morgan fingerprint density at radius 1 is 0.931 bits per heavy atom. The van der Waals surface area contributed by atoms with E-state index in [9.17, 15) is 14.7 Å². The van der Waals surface area contributed by atoms with Crippen molar-refractivity contribution in [3.63, 3.8) is 0 Å². The van der Waals surface area contributed by atoms with Crippen LogP contribution >= 0.6 is 11.6 Å². The molecule has 0 saturated carbocycles. The van der Waals surface area contributed by atoms with Crippen LogP contribution in [0.3, 0.4) is 0 Å². The van der Waals surface area contributed by atoms with Gasteiger partial charge in [-0.05, 0) is 30.2 Å². The molecule has 1 fully saturated rings. The van der Waals surface area contributed by atoms with Crippen molar-refractivity contribution in [3.05, 3.63) is 106 Å². The number of amides is 1. The SMILES string of the molecule is Cc1ccc(N2C(=O)C(=O)/C(=C(/O)c3ccccc3)C2c2ccccc2)cc1Cl. The van der Waals surface area contributed by atoms with Crippen LogP contribution < -0.4 is 4.90 Å². The fourth-order valence-corrected chi connectivity index (χ4v) is 3.71. The highest BCUT2D eigenvalue weighted by atomic mass is 35.5. The van der Waals surface area contributed by atoms with E-state index in [1.165, 1.54) is 4.90 Å². The van der Waals surface area contributed by atoms with Gasteiger partial charge in [0, 0.05) is 16.3 Å². The normalized spacial score (nSPS) is 18.3. The molecule has 4 nitrogen and oxygen atoms in total. The Bertz CT molecular complexity index is 1120. The quantitative estimate of drug-likeness (QED) is 0.368. The van der Waals surface area contributed by atoms with Crippen molar-refractivity contribution in [2.75, 3.05) is 4.90 Å². The van der Waals surface area contributed by atoms with Gasteiger partial charge in [0.15, 0.2) is 0 Å². The van der Waals surface area contributed by atoms with E-state index in [-0.39, 0.29) is 11.3 Å². The maximum atomic E-state index is 13.0. The van der Waals surface area contributed by atoms with E-state index in [2.05, 4.69) is 0 Å². The number of ketones is 1. The molecule has 1 heterocycles. The van der Waals surface area contributed by atoms with Gasteiger partial charge in [-0.2, -0.15) is 0 Å². The maximum absolute atomic E-state index is 13.0. The third-order valence-corrected chi connectivity index (χ3v) is 5.45. The van der Waals surface area contributed by atoms with Gasteiger partial charge in [-0.25, -0.2) is 0 Å². The van der Waals surface area contributed by atoms with Gasteiger partial charge in [0.05, 0.1) is 11.6 Å². The van der Waals surface area contributed by atoms with Crippen LogP contribution in [0.1, 0.15) is 22.7 Å². The summed E-state index contributed by atoms with van der Waals surface area (Å²) < 4.78 is 0. The van der Waals surface area contributed by atoms with Crippen molar-refractivity contribution in [3.8, 4) is 0 Å². The van der Waals surface area contributed by atoms with Gasteiger partial charge in [0.2, 0.25) is 0 Å². The first-order chi connectivity index (χ1) is 14.0. The third kappa shape index (κ3) is 3.32. The molecule has 0 bridgehead atoms. The van der Waals surface area contributed by atoms with Gasteiger partial charge in [-0.3, -0.25) is 14.5 Å². The van der Waals surface area contributed by atoms with Crippen LogP contribution in [0.25, 0.3) is 5.76 Å². The second-order valence-electron chi connectivity index (χ2n) is 6.88. The first-order valence-corrected chi connectivity index (χ1v) is 9.54. The van der Waals surface area contributed by atoms with E-state index in [4.69, 9.17) is 11.6 Å². The topological polar surface area (TPSA) is 57.6 Å². The molecule has 1 unspecified atom stereocenters. The molecule has 29 heavy (non-hydrogen) atoms. The van der Waals surface area contributed by atoms with Gasteiger partial charge in [-0.1, -0.05) is 78.3 Å². The van der Waals surface area contributed by atoms with Crippen LogP contribution in [0.4, 0.5) is 5.69 Å². The fourth-order valence-electron chi connectivity index (χ4n) is 3.53. The van der Waals surface area contributed by atoms with E-state index in [1.807, 2.05) is 43.3 Å². The Labute approximate surface area is 173 Å². The van der Waals surface area contributed by atoms with E-state index in [0.717, 1.165) is 11.1 Å². The molecule has 1 amide bonds. The molecule has 3 aromatic carbocycles. The second kappa shape index (κ2) is 7.57. The monoisotopic (exact) mass is 403 g/mol. The van der Waals surface area contributed by atoms with E-state index in [0.29, 0.717) is 16.3 Å². The van der Waals surface area contributed by atoms with Gasteiger partial charge < -0.3 is 5.11 Å². The number of carbonyl (C=O) groups is 2. The van der Waals surface area contributed by atoms with Crippen LogP contribution in [0, 0.1) is 6.92 Å². The average Bonchev–Trinajstić information content (AvgIpc) is 3.02. The number of aliphatic hydroxyl groups is 1. The molecule has 1 aliphatic heterocycles. The molecule has 144 valence electrons. The number of Topliss-reactive ketones (excluding diaryl/α,β-unsaturated/α-hetero) is 1. The molecule has 1 N–H and O–H groups in total. The number of nitrogens with zero attached hydrogens (tertiary/aromatic N) is 1. The highest BCUT2D eigenvalue weighted by Crippen LogP contribution is 2.42. The number of rotatable bonds is 3. The molecule has 0 aromatic heterocycles. The largest absolute Gasteiger partial charge is 0.507 e. The Morgan fingerprint density at radius 2 is 1.55 bits per heavy atom. The molecule has 0 spiro atoms. The smallest absolute Gasteiger partial charge is 0.300 e. The molecule has 4 rings (SSSR count). The fraction of sp³-hybridized carbons (Fsp3) is 0.0833. The summed E-state index contributed by atoms with van der Waals surface area (Å²) in [5.74, 6) is -1.62. The van der Waals surface area contributed by atoms with Crippen molar-refractivity contribution < 1.29 is 14.7 Å². The summed E-state index contributed by atoms with van der Waals surface area (Å²) in [5, 5.41) is 11.5. The number of anilines is 1. The lowest BCUT2D eigenvalue weighted by atomic mass is 9.95. The van der Waals surface area contributed by atoms with E-state index < -0.39 is 17.7 Å². The van der Waals surface area contributed by atoms with Crippen molar-refractivity contribution in [1.29, 1.82) is 0 Å². The van der Waals surface area contributed by atoms with Crippen LogP contribution in [0.15, 0.2) is 84.4 Å². The standard InChI is InChI=1S/C24H18ClNO3/c1-15-12-13-18(14-19(15)25)26-21(16-8-4-2-5-9-16)20(23(28)24(26)29)22(27)17-10-6-3-7-11-17/h2-14,21,27H,1H3/b22-20+. The van der Waals surface area contributed by atoms with Gasteiger partial charge in [0.25, 0.3) is 11.7 Å². The number of hydrogen-bond donors (Lipinski definition) is 1. The summed E-state index contributed by atoms with van der Waals surface area (Å²) in [6.45, 7) is 1.87. The molecule has 0 aliphatic carbocycles. The van der Waals surface area contributed by atoms with Crippen molar-refractivity contribution >= 4 is 34.7 Å². The minimum Gasteiger partial charge on any atom is -0.507 e. The van der Waals surface area contributed by atoms with Crippen LogP contribution in [0.2, 0.25) is 5.02 Å². The molecular formula is C24H18ClNO3. The molecule has 3 aromatic rings. The first kappa shape index (κ1) is 19.0. The van der Waals surface area contributed by atoms with Crippen LogP contribution in [-0.4, -0.2) is 16.8 Å². The number of halogens is 1. The summed E-state index contributed by atoms with van der Waals surface area (Å²) in [6, 6.07) is 22.4. The Kier molecular flexibility index (Phi) is 4.95. The highest BCUT2D eigenvalue weighted by molar-refractivity contribution is 6.51. The summed E-state index contributed by atoms with van der Waals surface area (Å²) in [5.41, 5.74) is 2.63. The number of hydrogen-bond acceptors (Lipinski definition) is 3. The minimum atomic E-state index is -0.754. The zero-order chi connectivity index (χ0) is 20.5. The lowest BCUT2D eigenvalue weighted by Gasteiger charge is -2.25. The summed E-state index contributed by atoms with van der Waals surface area (Å²) in [6.07, 6.45) is 0. The summed E-state index contributed by atoms with van der Waals surface area (Å²) in [4.78, 5) is 27.4. The number of aryl methyl sites for hydroxylation is 1. The first-order valence-electron chi connectivity index (χ1n) is 9.16. The van der Waals surface area contributed by atoms with Crippen molar-refractivity contribution in [2.45, 2.75) is 13.0 Å². The maximum Gasteiger partial charge on any atom is 0.300 e. The van der Waals surface area contributed by atoms with E-state index >= 15 is 0 Å². The Balaban J connectivity index is 1.95. The number of aliphatic hydroxyl groups excluding tert-OH is 1. The summed E-state index contributed by atoms with van der Waals surface area (Å²) >= 11 is 6.28. The van der Waals surface area contributed by atoms with Crippen LogP contribution in [0.5, 0.6) is 0 Å². The summed E-state index contributed by atoms with van der Waals surface area (Å²) in [7, 11) is 0. The molecule has 5 heteroatoms.